The third kappa shape index (κ3) is 10.7. The minimum Gasteiger partial charge on any atom is -0.444 e. The summed E-state index contributed by atoms with van der Waals surface area (Å²) in [6.45, 7) is 12.4. The lowest BCUT2D eigenvalue weighted by Crippen LogP contribution is -2.52. The number of benzene rings is 1. The maximum atomic E-state index is 12.3. The van der Waals surface area contributed by atoms with Gasteiger partial charge in [-0.15, -0.1) is 0 Å². The van der Waals surface area contributed by atoms with Gasteiger partial charge in [0, 0.05) is 12.1 Å². The molecule has 0 aliphatic heterocycles. The number of aliphatic hydroxyl groups is 1. The van der Waals surface area contributed by atoms with Crippen LogP contribution in [0.3, 0.4) is 0 Å². The molecule has 0 heterocycles. The summed E-state index contributed by atoms with van der Waals surface area (Å²) in [5, 5.41) is 17.1. The molecular formula is C23H40N2O3. The van der Waals surface area contributed by atoms with Gasteiger partial charge in [-0.05, 0) is 53.0 Å². The Balaban J connectivity index is 2.72. The molecule has 0 aliphatic carbocycles. The van der Waals surface area contributed by atoms with Gasteiger partial charge in [-0.1, -0.05) is 56.5 Å². The van der Waals surface area contributed by atoms with Gasteiger partial charge < -0.3 is 20.5 Å². The molecule has 1 aromatic rings. The molecule has 0 spiro atoms. The molecule has 0 radical (unpaired) electrons. The number of aliphatic hydroxyl groups excluding tert-OH is 1. The van der Waals surface area contributed by atoms with E-state index < -0.39 is 23.8 Å². The van der Waals surface area contributed by atoms with Crippen LogP contribution in [0.25, 0.3) is 0 Å². The second-order valence-electron chi connectivity index (χ2n) is 9.23. The van der Waals surface area contributed by atoms with Crippen LogP contribution in [-0.2, 0) is 11.2 Å². The maximum absolute atomic E-state index is 12.3. The summed E-state index contributed by atoms with van der Waals surface area (Å²) in [5.41, 5.74) is 0.426. The largest absolute Gasteiger partial charge is 0.444 e. The predicted molar refractivity (Wildman–Crippen MR) is 116 cm³/mol. The summed E-state index contributed by atoms with van der Waals surface area (Å²) in [4.78, 5) is 12.3. The minimum absolute atomic E-state index is 0.0562. The molecule has 0 aliphatic rings. The van der Waals surface area contributed by atoms with Crippen molar-refractivity contribution in [3.63, 3.8) is 0 Å². The van der Waals surface area contributed by atoms with E-state index in [1.807, 2.05) is 51.1 Å². The van der Waals surface area contributed by atoms with Crippen LogP contribution in [0, 0.1) is 0 Å². The Morgan fingerprint density at radius 2 is 1.75 bits per heavy atom. The lowest BCUT2D eigenvalue weighted by Gasteiger charge is -2.31. The zero-order valence-electron chi connectivity index (χ0n) is 18.5. The van der Waals surface area contributed by atoms with E-state index in [1.54, 1.807) is 0 Å². The van der Waals surface area contributed by atoms with Crippen molar-refractivity contribution in [3.05, 3.63) is 35.9 Å². The van der Waals surface area contributed by atoms with Gasteiger partial charge in [0.05, 0.1) is 12.1 Å². The summed E-state index contributed by atoms with van der Waals surface area (Å²) in [7, 11) is 0. The molecule has 3 N–H and O–H groups in total. The van der Waals surface area contributed by atoms with Crippen LogP contribution in [0.5, 0.6) is 0 Å². The molecule has 0 aromatic heterocycles. The summed E-state index contributed by atoms with van der Waals surface area (Å²) in [6, 6.07) is 9.44. The SMILES string of the molecule is CCCCCC(C)(C)NC[C@@H](O)[C@H](Cc1ccccc1)NC(=O)OC(C)(C)C. The lowest BCUT2D eigenvalue weighted by atomic mass is 9.95. The van der Waals surface area contributed by atoms with Crippen molar-refractivity contribution in [1.29, 1.82) is 0 Å². The normalized spacial score (nSPS) is 14.4. The van der Waals surface area contributed by atoms with Gasteiger partial charge in [-0.25, -0.2) is 4.79 Å². The van der Waals surface area contributed by atoms with E-state index >= 15 is 0 Å². The number of hydrogen-bond donors (Lipinski definition) is 3. The van der Waals surface area contributed by atoms with Gasteiger partial charge in [-0.2, -0.15) is 0 Å². The fraction of sp³-hybridized carbons (Fsp3) is 0.696. The van der Waals surface area contributed by atoms with Crippen LogP contribution in [0.15, 0.2) is 30.3 Å². The average molecular weight is 393 g/mol. The standard InChI is InChI=1S/C23H40N2O3/c1-7-8-12-15-23(5,6)24-17-20(26)19(16-18-13-10-9-11-14-18)25-21(27)28-22(2,3)4/h9-11,13-14,19-20,24,26H,7-8,12,15-17H2,1-6H3,(H,25,27)/t19-,20+/m0/s1. The predicted octanol–water partition coefficient (Wildman–Crippen LogP) is 4.43. The molecule has 0 bridgehead atoms. The van der Waals surface area contributed by atoms with E-state index in [0.29, 0.717) is 13.0 Å². The Kier molecular flexibility index (Phi) is 9.97. The lowest BCUT2D eigenvalue weighted by molar-refractivity contribution is 0.0415. The van der Waals surface area contributed by atoms with Crippen LogP contribution < -0.4 is 10.6 Å². The van der Waals surface area contributed by atoms with Gasteiger partial charge in [0.1, 0.15) is 5.60 Å². The monoisotopic (exact) mass is 392 g/mol. The third-order valence-electron chi connectivity index (χ3n) is 4.66. The summed E-state index contributed by atoms with van der Waals surface area (Å²) >= 11 is 0. The van der Waals surface area contributed by atoms with Crippen molar-refractivity contribution in [1.82, 2.24) is 10.6 Å². The summed E-state index contributed by atoms with van der Waals surface area (Å²) in [5.74, 6) is 0. The Labute approximate surface area is 171 Å². The Morgan fingerprint density at radius 1 is 1.11 bits per heavy atom. The minimum atomic E-state index is -0.724. The number of alkyl carbamates (subject to hydrolysis) is 1. The highest BCUT2D eigenvalue weighted by Gasteiger charge is 2.26. The fourth-order valence-electron chi connectivity index (χ4n) is 3.04. The molecule has 0 saturated heterocycles. The number of carbonyl (C=O) groups excluding carboxylic acids is 1. The number of amides is 1. The Hall–Kier alpha value is -1.59. The van der Waals surface area contributed by atoms with E-state index in [0.717, 1.165) is 18.4 Å². The Bertz CT molecular complexity index is 567. The zero-order valence-corrected chi connectivity index (χ0v) is 18.5. The van der Waals surface area contributed by atoms with E-state index in [9.17, 15) is 9.90 Å². The van der Waals surface area contributed by atoms with Crippen molar-refractivity contribution in [2.24, 2.45) is 0 Å². The number of unbranched alkanes of at least 4 members (excludes halogenated alkanes) is 2. The molecule has 2 atom stereocenters. The van der Waals surface area contributed by atoms with Crippen LogP contribution in [0.1, 0.15) is 72.8 Å². The van der Waals surface area contributed by atoms with Crippen molar-refractivity contribution in [3.8, 4) is 0 Å². The molecular weight excluding hydrogens is 352 g/mol. The third-order valence-corrected chi connectivity index (χ3v) is 4.66. The second-order valence-corrected chi connectivity index (χ2v) is 9.23. The van der Waals surface area contributed by atoms with Crippen LogP contribution in [-0.4, -0.2) is 41.0 Å². The molecule has 28 heavy (non-hydrogen) atoms. The highest BCUT2D eigenvalue weighted by Crippen LogP contribution is 2.15. The molecule has 1 amide bonds. The maximum Gasteiger partial charge on any atom is 0.407 e. The van der Waals surface area contributed by atoms with Gasteiger partial charge in [0.2, 0.25) is 0 Å². The number of carbonyl (C=O) groups is 1. The molecule has 5 nitrogen and oxygen atoms in total. The molecule has 5 heteroatoms. The van der Waals surface area contributed by atoms with E-state index in [-0.39, 0.29) is 5.54 Å². The zero-order chi connectivity index (χ0) is 21.2. The van der Waals surface area contributed by atoms with Crippen LogP contribution >= 0.6 is 0 Å². The first-order valence-corrected chi connectivity index (χ1v) is 10.5. The first kappa shape index (κ1) is 24.4. The average Bonchev–Trinajstić information content (AvgIpc) is 2.58. The highest BCUT2D eigenvalue weighted by atomic mass is 16.6. The van der Waals surface area contributed by atoms with Gasteiger partial charge in [0.15, 0.2) is 0 Å². The quantitative estimate of drug-likeness (QED) is 0.487. The smallest absolute Gasteiger partial charge is 0.407 e. The highest BCUT2D eigenvalue weighted by molar-refractivity contribution is 5.68. The molecule has 0 fully saturated rings. The van der Waals surface area contributed by atoms with E-state index in [4.69, 9.17) is 4.74 Å². The number of nitrogens with one attached hydrogen (secondary N) is 2. The van der Waals surface area contributed by atoms with E-state index in [1.165, 1.54) is 12.8 Å². The number of ether oxygens (including phenoxy) is 1. The van der Waals surface area contributed by atoms with Gasteiger partial charge in [0.25, 0.3) is 0 Å². The first-order valence-electron chi connectivity index (χ1n) is 10.5. The van der Waals surface area contributed by atoms with Crippen molar-refractivity contribution in [2.75, 3.05) is 6.54 Å². The molecule has 1 rings (SSSR count). The molecule has 160 valence electrons. The van der Waals surface area contributed by atoms with Gasteiger partial charge in [-0.3, -0.25) is 0 Å². The van der Waals surface area contributed by atoms with Crippen molar-refractivity contribution in [2.45, 2.75) is 96.9 Å². The van der Waals surface area contributed by atoms with E-state index in [2.05, 4.69) is 31.4 Å². The number of hydrogen-bond acceptors (Lipinski definition) is 4. The molecule has 1 aromatic carbocycles. The first-order chi connectivity index (χ1) is 13.0. The number of β-amino-alcohol motifs (C(OH)–C–C–N with tert-alkyl or cyclic N) is 1. The second kappa shape index (κ2) is 11.4. The fourth-order valence-corrected chi connectivity index (χ4v) is 3.04. The summed E-state index contributed by atoms with van der Waals surface area (Å²) < 4.78 is 5.39. The Morgan fingerprint density at radius 3 is 2.32 bits per heavy atom. The van der Waals surface area contributed by atoms with Crippen LogP contribution in [0.2, 0.25) is 0 Å². The molecule has 0 saturated carbocycles. The van der Waals surface area contributed by atoms with Crippen molar-refractivity contribution < 1.29 is 14.6 Å². The van der Waals surface area contributed by atoms with Gasteiger partial charge >= 0.3 is 6.09 Å². The molecule has 0 unspecified atom stereocenters. The number of rotatable bonds is 11. The topological polar surface area (TPSA) is 70.6 Å². The van der Waals surface area contributed by atoms with Crippen molar-refractivity contribution >= 4 is 6.09 Å². The summed E-state index contributed by atoms with van der Waals surface area (Å²) in [6.07, 6.45) is 3.93. The van der Waals surface area contributed by atoms with Crippen LogP contribution in [0.4, 0.5) is 4.79 Å².